The SMILES string of the molecule is O=C(CCCSc1nc2ccccc2[nH]1)N1CCN(c2ncccn2)CC1. The Hall–Kier alpha value is -2.61. The molecule has 27 heavy (non-hydrogen) atoms. The summed E-state index contributed by atoms with van der Waals surface area (Å²) in [6.45, 7) is 3.02. The number of aromatic nitrogens is 4. The number of benzene rings is 1. The van der Waals surface area contributed by atoms with Crippen LogP contribution >= 0.6 is 11.8 Å². The fraction of sp³-hybridized carbons (Fsp3) is 0.368. The number of nitrogens with one attached hydrogen (secondary N) is 1. The summed E-state index contributed by atoms with van der Waals surface area (Å²) in [4.78, 5) is 32.9. The Morgan fingerprint density at radius 3 is 2.63 bits per heavy atom. The van der Waals surface area contributed by atoms with Crippen LogP contribution in [-0.2, 0) is 4.79 Å². The number of fused-ring (bicyclic) bond motifs is 1. The van der Waals surface area contributed by atoms with E-state index < -0.39 is 0 Å². The second-order valence-corrected chi connectivity index (χ2v) is 7.51. The van der Waals surface area contributed by atoms with Gasteiger partial charge >= 0.3 is 0 Å². The summed E-state index contributed by atoms with van der Waals surface area (Å²) in [6, 6.07) is 9.82. The molecule has 8 heteroatoms. The zero-order chi connectivity index (χ0) is 18.5. The number of amides is 1. The molecule has 0 spiro atoms. The molecular weight excluding hydrogens is 360 g/mol. The van der Waals surface area contributed by atoms with E-state index in [0.717, 1.165) is 60.5 Å². The van der Waals surface area contributed by atoms with E-state index in [9.17, 15) is 4.79 Å². The predicted molar refractivity (Wildman–Crippen MR) is 107 cm³/mol. The number of imidazole rings is 1. The van der Waals surface area contributed by atoms with Gasteiger partial charge in [0.1, 0.15) is 0 Å². The summed E-state index contributed by atoms with van der Waals surface area (Å²) in [5.74, 6) is 1.85. The first-order valence-corrected chi connectivity index (χ1v) is 10.2. The lowest BCUT2D eigenvalue weighted by Gasteiger charge is -2.34. The molecule has 1 aliphatic rings. The number of anilines is 1. The number of piperazine rings is 1. The van der Waals surface area contributed by atoms with Crippen LogP contribution in [0.3, 0.4) is 0 Å². The molecule has 0 radical (unpaired) electrons. The Morgan fingerprint density at radius 1 is 1.07 bits per heavy atom. The van der Waals surface area contributed by atoms with Gasteiger partial charge in [-0.2, -0.15) is 0 Å². The van der Waals surface area contributed by atoms with E-state index >= 15 is 0 Å². The van der Waals surface area contributed by atoms with Crippen molar-refractivity contribution in [1.29, 1.82) is 0 Å². The average molecular weight is 382 g/mol. The second-order valence-electron chi connectivity index (χ2n) is 6.43. The molecule has 1 fully saturated rings. The Bertz CT molecular complexity index is 858. The minimum absolute atomic E-state index is 0.230. The van der Waals surface area contributed by atoms with Crippen molar-refractivity contribution in [3.63, 3.8) is 0 Å². The van der Waals surface area contributed by atoms with Crippen LogP contribution in [0.5, 0.6) is 0 Å². The molecule has 0 atom stereocenters. The lowest BCUT2D eigenvalue weighted by atomic mass is 10.2. The summed E-state index contributed by atoms with van der Waals surface area (Å²) < 4.78 is 0. The minimum atomic E-state index is 0.230. The molecule has 0 aliphatic carbocycles. The van der Waals surface area contributed by atoms with Gasteiger partial charge in [0.2, 0.25) is 11.9 Å². The summed E-state index contributed by atoms with van der Waals surface area (Å²) >= 11 is 1.67. The number of carbonyl (C=O) groups is 1. The molecule has 3 heterocycles. The molecule has 0 bridgehead atoms. The summed E-state index contributed by atoms with van der Waals surface area (Å²) in [6.07, 6.45) is 4.93. The third kappa shape index (κ3) is 4.39. The first-order valence-electron chi connectivity index (χ1n) is 9.17. The Morgan fingerprint density at radius 2 is 1.85 bits per heavy atom. The van der Waals surface area contributed by atoms with Crippen LogP contribution in [0.2, 0.25) is 0 Å². The fourth-order valence-electron chi connectivity index (χ4n) is 3.16. The fourth-order valence-corrected chi connectivity index (χ4v) is 3.99. The highest BCUT2D eigenvalue weighted by molar-refractivity contribution is 7.99. The molecule has 140 valence electrons. The van der Waals surface area contributed by atoms with Gasteiger partial charge in [0.25, 0.3) is 0 Å². The Labute approximate surface area is 162 Å². The van der Waals surface area contributed by atoms with Gasteiger partial charge < -0.3 is 14.8 Å². The van der Waals surface area contributed by atoms with E-state index in [1.54, 1.807) is 24.2 Å². The van der Waals surface area contributed by atoms with E-state index in [-0.39, 0.29) is 5.91 Å². The van der Waals surface area contributed by atoms with E-state index in [0.29, 0.717) is 6.42 Å². The number of nitrogens with zero attached hydrogens (tertiary/aromatic N) is 5. The lowest BCUT2D eigenvalue weighted by molar-refractivity contribution is -0.131. The maximum absolute atomic E-state index is 12.4. The maximum atomic E-state index is 12.4. The normalized spacial score (nSPS) is 14.7. The highest BCUT2D eigenvalue weighted by Crippen LogP contribution is 2.20. The van der Waals surface area contributed by atoms with Crippen LogP contribution in [0, 0.1) is 0 Å². The zero-order valence-electron chi connectivity index (χ0n) is 15.0. The maximum Gasteiger partial charge on any atom is 0.225 e. The zero-order valence-corrected chi connectivity index (χ0v) is 15.9. The van der Waals surface area contributed by atoms with Gasteiger partial charge in [0.15, 0.2) is 5.16 Å². The van der Waals surface area contributed by atoms with Gasteiger partial charge in [-0.3, -0.25) is 4.79 Å². The van der Waals surface area contributed by atoms with Crippen molar-refractivity contribution in [1.82, 2.24) is 24.8 Å². The van der Waals surface area contributed by atoms with Gasteiger partial charge in [-0.05, 0) is 24.6 Å². The molecule has 1 aliphatic heterocycles. The first kappa shape index (κ1) is 17.8. The lowest BCUT2D eigenvalue weighted by Crippen LogP contribution is -2.49. The second kappa shape index (κ2) is 8.39. The quantitative estimate of drug-likeness (QED) is 0.521. The molecule has 1 aromatic carbocycles. The predicted octanol–water partition coefficient (Wildman–Crippen LogP) is 2.57. The van der Waals surface area contributed by atoms with Gasteiger partial charge in [0.05, 0.1) is 11.0 Å². The van der Waals surface area contributed by atoms with E-state index in [2.05, 4.69) is 24.8 Å². The van der Waals surface area contributed by atoms with Crippen LogP contribution in [0.4, 0.5) is 5.95 Å². The Kier molecular flexibility index (Phi) is 5.53. The number of hydrogen-bond donors (Lipinski definition) is 1. The third-order valence-electron chi connectivity index (χ3n) is 4.61. The average Bonchev–Trinajstić information content (AvgIpc) is 3.15. The van der Waals surface area contributed by atoms with Crippen LogP contribution in [0.1, 0.15) is 12.8 Å². The molecule has 3 aromatic rings. The van der Waals surface area contributed by atoms with Crippen LogP contribution in [0.15, 0.2) is 47.9 Å². The van der Waals surface area contributed by atoms with Gasteiger partial charge in [0, 0.05) is 50.7 Å². The number of thioether (sulfide) groups is 1. The summed E-state index contributed by atoms with van der Waals surface area (Å²) in [5.41, 5.74) is 2.03. The van der Waals surface area contributed by atoms with E-state index in [1.807, 2.05) is 35.2 Å². The molecule has 2 aromatic heterocycles. The molecule has 1 saturated heterocycles. The topological polar surface area (TPSA) is 78.0 Å². The molecule has 0 saturated carbocycles. The number of rotatable bonds is 6. The monoisotopic (exact) mass is 382 g/mol. The van der Waals surface area contributed by atoms with Crippen LogP contribution < -0.4 is 4.90 Å². The highest BCUT2D eigenvalue weighted by atomic mass is 32.2. The number of para-hydroxylation sites is 2. The van der Waals surface area contributed by atoms with Crippen molar-refractivity contribution in [2.24, 2.45) is 0 Å². The standard InChI is InChI=1S/C19H22N6OS/c26-17(24-10-12-25(13-11-24)18-20-8-4-9-21-18)7-3-14-27-19-22-15-5-1-2-6-16(15)23-19/h1-2,4-6,8-9H,3,7,10-14H2,(H,22,23). The van der Waals surface area contributed by atoms with Crippen molar-refractivity contribution < 1.29 is 4.79 Å². The highest BCUT2D eigenvalue weighted by Gasteiger charge is 2.22. The molecule has 1 amide bonds. The summed E-state index contributed by atoms with van der Waals surface area (Å²) in [5, 5.41) is 0.917. The van der Waals surface area contributed by atoms with Crippen molar-refractivity contribution in [3.05, 3.63) is 42.7 Å². The number of aromatic amines is 1. The molecule has 7 nitrogen and oxygen atoms in total. The largest absolute Gasteiger partial charge is 0.339 e. The molecule has 1 N–H and O–H groups in total. The summed E-state index contributed by atoms with van der Waals surface area (Å²) in [7, 11) is 0. The smallest absolute Gasteiger partial charge is 0.225 e. The van der Waals surface area contributed by atoms with E-state index in [1.165, 1.54) is 0 Å². The van der Waals surface area contributed by atoms with Crippen molar-refractivity contribution in [2.45, 2.75) is 18.0 Å². The molecule has 4 rings (SSSR count). The number of carbonyl (C=O) groups excluding carboxylic acids is 1. The van der Waals surface area contributed by atoms with Gasteiger partial charge in [-0.1, -0.05) is 23.9 Å². The van der Waals surface area contributed by atoms with Gasteiger partial charge in [-0.15, -0.1) is 0 Å². The van der Waals surface area contributed by atoms with Crippen molar-refractivity contribution in [3.8, 4) is 0 Å². The van der Waals surface area contributed by atoms with Crippen molar-refractivity contribution in [2.75, 3.05) is 36.8 Å². The molecule has 0 unspecified atom stereocenters. The number of H-pyrrole nitrogens is 1. The number of hydrogen-bond acceptors (Lipinski definition) is 6. The molecular formula is C19H22N6OS. The minimum Gasteiger partial charge on any atom is -0.339 e. The first-order chi connectivity index (χ1) is 13.3. The van der Waals surface area contributed by atoms with Crippen LogP contribution in [0.25, 0.3) is 11.0 Å². The third-order valence-corrected chi connectivity index (χ3v) is 5.57. The van der Waals surface area contributed by atoms with Gasteiger partial charge in [-0.25, -0.2) is 15.0 Å². The van der Waals surface area contributed by atoms with E-state index in [4.69, 9.17) is 0 Å². The Balaban J connectivity index is 1.19. The van der Waals surface area contributed by atoms with Crippen molar-refractivity contribution >= 4 is 34.7 Å². The van der Waals surface area contributed by atoms with Crippen LogP contribution in [-0.4, -0.2) is 62.7 Å².